The first kappa shape index (κ1) is 30.0. The van der Waals surface area contributed by atoms with Gasteiger partial charge in [0.15, 0.2) is 0 Å². The van der Waals surface area contributed by atoms with E-state index in [0.29, 0.717) is 11.1 Å². The van der Waals surface area contributed by atoms with Crippen LogP contribution in [0.25, 0.3) is 0 Å². The van der Waals surface area contributed by atoms with Crippen LogP contribution in [0.3, 0.4) is 0 Å². The minimum absolute atomic E-state index is 0.0235. The average Bonchev–Trinajstić information content (AvgIpc) is 3.49. The Morgan fingerprint density at radius 1 is 1.00 bits per heavy atom. The summed E-state index contributed by atoms with van der Waals surface area (Å²) >= 11 is 0. The highest BCUT2D eigenvalue weighted by Crippen LogP contribution is 2.46. The van der Waals surface area contributed by atoms with E-state index in [9.17, 15) is 29.4 Å². The van der Waals surface area contributed by atoms with Crippen LogP contribution in [0.15, 0.2) is 31.6 Å². The quantitative estimate of drug-likeness (QED) is 0.188. The molecule has 0 amide bonds. The number of hydrogen-bond acceptors (Lipinski definition) is 12. The Kier molecular flexibility index (Phi) is 9.82. The van der Waals surface area contributed by atoms with Crippen LogP contribution in [0.1, 0.15) is 42.8 Å². The van der Waals surface area contributed by atoms with E-state index in [1.165, 1.54) is 35.4 Å². The van der Waals surface area contributed by atoms with Crippen molar-refractivity contribution in [2.45, 2.75) is 70.0 Å². The maximum Gasteiger partial charge on any atom is 0.333 e. The largest absolute Gasteiger partial charge is 0.394 e. The number of aryl methyl sites for hydroxylation is 2. The zero-order valence-electron chi connectivity index (χ0n) is 21.7. The maximum absolute atomic E-state index is 12.3. The number of hydrogen-bond donors (Lipinski definition) is 4. The second-order valence-corrected chi connectivity index (χ2v) is 10.5. The van der Waals surface area contributed by atoms with Gasteiger partial charge in [-0.05, 0) is 13.8 Å². The summed E-state index contributed by atoms with van der Waals surface area (Å²) in [6.45, 7) is 2.40. The molecule has 16 nitrogen and oxygen atoms in total. The third kappa shape index (κ3) is 6.82. The molecule has 0 spiro atoms. The molecule has 2 aromatic rings. The van der Waals surface area contributed by atoms with Crippen molar-refractivity contribution in [1.29, 1.82) is 5.26 Å². The number of nitriles is 1. The summed E-state index contributed by atoms with van der Waals surface area (Å²) < 4.78 is 31.3. The van der Waals surface area contributed by atoms with E-state index in [2.05, 4.69) is 9.97 Å². The van der Waals surface area contributed by atoms with Crippen molar-refractivity contribution in [2.75, 3.05) is 19.8 Å². The fourth-order valence-corrected chi connectivity index (χ4v) is 5.44. The third-order valence-electron chi connectivity index (χ3n) is 6.45. The normalized spacial score (nSPS) is 27.1. The number of nitrogens with one attached hydrogen (secondary N) is 2. The van der Waals surface area contributed by atoms with Crippen molar-refractivity contribution in [2.24, 2.45) is 0 Å². The molecule has 17 heteroatoms. The molecule has 7 atom stereocenters. The van der Waals surface area contributed by atoms with E-state index in [-0.39, 0.29) is 32.5 Å². The molecule has 2 aliphatic rings. The molecule has 2 aromatic heterocycles. The van der Waals surface area contributed by atoms with Gasteiger partial charge in [0.2, 0.25) is 0 Å². The summed E-state index contributed by atoms with van der Waals surface area (Å²) in [6, 6.07) is 1.94. The molecule has 4 rings (SSSR count). The molecule has 0 aliphatic carbocycles. The maximum atomic E-state index is 12.3. The molecule has 2 aliphatic heterocycles. The summed E-state index contributed by atoms with van der Waals surface area (Å²) in [7, 11) is -2.14. The van der Waals surface area contributed by atoms with Gasteiger partial charge in [0.05, 0.1) is 44.5 Å². The third-order valence-corrected chi connectivity index (χ3v) is 7.65. The van der Waals surface area contributed by atoms with Crippen LogP contribution in [-0.2, 0) is 23.0 Å². The first-order chi connectivity index (χ1) is 19.1. The predicted octanol–water partition coefficient (Wildman–Crippen LogP) is -0.809. The Hall–Kier alpha value is -3.00. The highest BCUT2D eigenvalue weighted by Gasteiger charge is 2.41. The first-order valence-electron chi connectivity index (χ1n) is 12.4. The Bertz CT molecular complexity index is 1460. The zero-order chi connectivity index (χ0) is 29.0. The van der Waals surface area contributed by atoms with Crippen LogP contribution in [0.4, 0.5) is 0 Å². The minimum Gasteiger partial charge on any atom is -0.394 e. The van der Waals surface area contributed by atoms with E-state index in [1.54, 1.807) is 0 Å². The van der Waals surface area contributed by atoms with Gasteiger partial charge in [-0.3, -0.25) is 28.7 Å². The van der Waals surface area contributed by atoms with Crippen molar-refractivity contribution >= 4 is 8.60 Å². The molecule has 218 valence electrons. The molecule has 1 unspecified atom stereocenters. The SMILES string of the molecule is Cc1cn([C@H]2C[C@H](OP(OCCC#N)OC[C@H]3O[C@@H](n4cc(C)c(=O)[nH]c4=O)C[C@@H]3O)[C@@H](CO)O2)c(=O)[nH]c1=O. The van der Waals surface area contributed by atoms with E-state index in [1.807, 2.05) is 6.07 Å². The van der Waals surface area contributed by atoms with Crippen molar-refractivity contribution in [3.05, 3.63) is 65.2 Å². The molecule has 0 radical (unpaired) electrons. The van der Waals surface area contributed by atoms with Crippen molar-refractivity contribution in [1.82, 2.24) is 19.1 Å². The van der Waals surface area contributed by atoms with E-state index in [0.717, 1.165) is 0 Å². The number of nitrogens with zero attached hydrogens (tertiary/aromatic N) is 3. The van der Waals surface area contributed by atoms with Crippen LogP contribution in [0.2, 0.25) is 0 Å². The predicted molar refractivity (Wildman–Crippen MR) is 136 cm³/mol. The summed E-state index contributed by atoms with van der Waals surface area (Å²) in [5, 5.41) is 29.3. The smallest absolute Gasteiger partial charge is 0.333 e. The second-order valence-electron chi connectivity index (χ2n) is 9.34. The summed E-state index contributed by atoms with van der Waals surface area (Å²) in [4.78, 5) is 52.3. The van der Waals surface area contributed by atoms with Gasteiger partial charge in [-0.15, -0.1) is 0 Å². The lowest BCUT2D eigenvalue weighted by atomic mass is 10.2. The van der Waals surface area contributed by atoms with Crippen molar-refractivity contribution in [3.63, 3.8) is 0 Å². The first-order valence-corrected chi connectivity index (χ1v) is 13.5. The second kappa shape index (κ2) is 13.1. The molecular formula is C23H30N5O11P. The van der Waals surface area contributed by atoms with Gasteiger partial charge in [-0.2, -0.15) is 5.26 Å². The number of aliphatic hydroxyl groups is 2. The number of aliphatic hydroxyl groups excluding tert-OH is 2. The molecule has 40 heavy (non-hydrogen) atoms. The Morgan fingerprint density at radius 2 is 1.57 bits per heavy atom. The van der Waals surface area contributed by atoms with Crippen molar-refractivity contribution < 1.29 is 33.3 Å². The summed E-state index contributed by atoms with van der Waals surface area (Å²) in [5.41, 5.74) is -1.80. The van der Waals surface area contributed by atoms with Gasteiger partial charge < -0.3 is 33.3 Å². The number of aromatic amines is 2. The summed E-state index contributed by atoms with van der Waals surface area (Å²) in [5.74, 6) is 0. The molecule has 2 saturated heterocycles. The van der Waals surface area contributed by atoms with Gasteiger partial charge in [0.1, 0.15) is 24.7 Å². The number of rotatable bonds is 11. The van der Waals surface area contributed by atoms with E-state index >= 15 is 0 Å². The molecule has 4 heterocycles. The van der Waals surface area contributed by atoms with Crippen LogP contribution in [0.5, 0.6) is 0 Å². The Morgan fingerprint density at radius 3 is 2.15 bits per heavy atom. The minimum atomic E-state index is -2.14. The number of aromatic nitrogens is 4. The van der Waals surface area contributed by atoms with Crippen LogP contribution >= 0.6 is 8.60 Å². The van der Waals surface area contributed by atoms with Gasteiger partial charge >= 0.3 is 20.0 Å². The highest BCUT2D eigenvalue weighted by molar-refractivity contribution is 7.41. The molecule has 0 bridgehead atoms. The monoisotopic (exact) mass is 583 g/mol. The molecule has 2 fully saturated rings. The van der Waals surface area contributed by atoms with Gasteiger partial charge in [0.25, 0.3) is 11.1 Å². The van der Waals surface area contributed by atoms with Crippen LogP contribution in [0, 0.1) is 25.2 Å². The van der Waals surface area contributed by atoms with Crippen LogP contribution < -0.4 is 22.5 Å². The Labute approximate surface area is 227 Å². The lowest BCUT2D eigenvalue weighted by molar-refractivity contribution is -0.0543. The topological polar surface area (TPSA) is 220 Å². The highest BCUT2D eigenvalue weighted by atomic mass is 31.2. The average molecular weight is 583 g/mol. The van der Waals surface area contributed by atoms with E-state index in [4.69, 9.17) is 28.3 Å². The lowest BCUT2D eigenvalue weighted by Crippen LogP contribution is -2.33. The molecular weight excluding hydrogens is 553 g/mol. The fraction of sp³-hybridized carbons (Fsp3) is 0.609. The van der Waals surface area contributed by atoms with Gasteiger partial charge in [-0.25, -0.2) is 9.59 Å². The summed E-state index contributed by atoms with van der Waals surface area (Å²) in [6.07, 6.45) is -2.30. The van der Waals surface area contributed by atoms with Gasteiger partial charge in [0, 0.05) is 36.4 Å². The number of H-pyrrole nitrogens is 2. The lowest BCUT2D eigenvalue weighted by Gasteiger charge is -2.24. The number of ether oxygens (including phenoxy) is 2. The zero-order valence-corrected chi connectivity index (χ0v) is 22.6. The molecule has 0 aromatic carbocycles. The Balaban J connectivity index is 1.43. The van der Waals surface area contributed by atoms with Crippen molar-refractivity contribution in [3.8, 4) is 6.07 Å². The van der Waals surface area contributed by atoms with Crippen LogP contribution in [-0.4, -0.2) is 73.6 Å². The molecule has 4 N–H and O–H groups in total. The van der Waals surface area contributed by atoms with Gasteiger partial charge in [-0.1, -0.05) is 0 Å². The fourth-order valence-electron chi connectivity index (χ4n) is 4.29. The molecule has 0 saturated carbocycles. The van der Waals surface area contributed by atoms with E-state index < -0.39 is 74.6 Å². The standard InChI is InChI=1S/C23H30N5O11P/c1-12-8-27(22(33)25-20(12)31)18-6-14(30)17(38-18)11-36-40(35-5-3-4-24)39-15-7-19(37-16(15)10-29)28-9-13(2)21(32)26-23(28)34/h8-9,14-19,29-30H,3,5-7,10-11H2,1-2H3,(H,25,31,33)(H,26,32,34)/t14-,15-,16+,17+,18+,19+,40?/m0/s1.